The Hall–Kier alpha value is -1.61. The predicted molar refractivity (Wildman–Crippen MR) is 78.8 cm³/mol. The minimum absolute atomic E-state index is 0.183. The van der Waals surface area contributed by atoms with Crippen molar-refractivity contribution in [1.29, 1.82) is 0 Å². The van der Waals surface area contributed by atoms with Gasteiger partial charge in [-0.25, -0.2) is 0 Å². The number of benzene rings is 1. The lowest BCUT2D eigenvalue weighted by atomic mass is 10.0. The van der Waals surface area contributed by atoms with Gasteiger partial charge in [0.25, 0.3) is 0 Å². The van der Waals surface area contributed by atoms with Gasteiger partial charge >= 0.3 is 0 Å². The van der Waals surface area contributed by atoms with Crippen LogP contribution in [0.3, 0.4) is 0 Å². The van der Waals surface area contributed by atoms with Crippen molar-refractivity contribution >= 4 is 12.0 Å². The first-order valence-electron chi connectivity index (χ1n) is 6.68. The van der Waals surface area contributed by atoms with Crippen molar-refractivity contribution in [2.75, 3.05) is 6.54 Å². The smallest absolute Gasteiger partial charge is 0.244 e. The number of carbonyl (C=O) groups is 1. The van der Waals surface area contributed by atoms with E-state index in [4.69, 9.17) is 0 Å². The summed E-state index contributed by atoms with van der Waals surface area (Å²) in [5.41, 5.74) is 1.32. The van der Waals surface area contributed by atoms with Crippen LogP contribution in [0.1, 0.15) is 37.8 Å². The van der Waals surface area contributed by atoms with Crippen LogP contribution in [0.25, 0.3) is 6.08 Å². The van der Waals surface area contributed by atoms with Crippen molar-refractivity contribution in [2.24, 2.45) is 0 Å². The molecule has 1 amide bonds. The van der Waals surface area contributed by atoms with Crippen LogP contribution >= 0.6 is 0 Å². The topological polar surface area (TPSA) is 49.3 Å². The molecule has 0 saturated heterocycles. The van der Waals surface area contributed by atoms with Gasteiger partial charge in [-0.2, -0.15) is 0 Å². The monoisotopic (exact) mass is 261 g/mol. The normalized spacial score (nSPS) is 14.3. The SMILES string of the molecule is CCCC(C)(O)CNC(=O)/C=C/c1cccc(C)c1. The summed E-state index contributed by atoms with van der Waals surface area (Å²) >= 11 is 0. The molecule has 0 radical (unpaired) electrons. The molecular formula is C16H23NO2. The first-order chi connectivity index (χ1) is 8.93. The van der Waals surface area contributed by atoms with Crippen molar-refractivity contribution in [2.45, 2.75) is 39.2 Å². The Morgan fingerprint density at radius 3 is 2.84 bits per heavy atom. The molecule has 19 heavy (non-hydrogen) atoms. The predicted octanol–water partition coefficient (Wildman–Crippen LogP) is 2.68. The van der Waals surface area contributed by atoms with Gasteiger partial charge in [-0.1, -0.05) is 43.2 Å². The number of aryl methyl sites for hydroxylation is 1. The number of hydrogen-bond donors (Lipinski definition) is 2. The van der Waals surface area contributed by atoms with Crippen molar-refractivity contribution in [3.05, 3.63) is 41.5 Å². The third-order valence-electron chi connectivity index (χ3n) is 2.90. The van der Waals surface area contributed by atoms with Gasteiger partial charge in [0.15, 0.2) is 0 Å². The second-order valence-corrected chi connectivity index (χ2v) is 5.21. The van der Waals surface area contributed by atoms with Crippen molar-refractivity contribution in [3.63, 3.8) is 0 Å². The summed E-state index contributed by atoms with van der Waals surface area (Å²) in [4.78, 5) is 11.6. The van der Waals surface area contributed by atoms with Crippen LogP contribution in [0, 0.1) is 6.92 Å². The fourth-order valence-corrected chi connectivity index (χ4v) is 1.91. The second kappa shape index (κ2) is 7.10. The molecule has 0 aliphatic carbocycles. The molecule has 104 valence electrons. The minimum atomic E-state index is -0.832. The zero-order valence-electron chi connectivity index (χ0n) is 11.9. The third-order valence-corrected chi connectivity index (χ3v) is 2.90. The highest BCUT2D eigenvalue weighted by Crippen LogP contribution is 2.10. The van der Waals surface area contributed by atoms with Crippen molar-refractivity contribution in [1.82, 2.24) is 5.32 Å². The maximum Gasteiger partial charge on any atom is 0.244 e. The van der Waals surface area contributed by atoms with Crippen LogP contribution in [0.5, 0.6) is 0 Å². The number of nitrogens with one attached hydrogen (secondary N) is 1. The molecule has 1 aromatic carbocycles. The molecule has 0 saturated carbocycles. The molecule has 0 bridgehead atoms. The molecule has 1 aromatic rings. The van der Waals surface area contributed by atoms with E-state index in [1.165, 1.54) is 6.08 Å². The molecule has 3 heteroatoms. The molecule has 3 nitrogen and oxygen atoms in total. The highest BCUT2D eigenvalue weighted by atomic mass is 16.3. The quantitative estimate of drug-likeness (QED) is 0.773. The molecule has 1 unspecified atom stereocenters. The zero-order chi connectivity index (χ0) is 14.3. The maximum absolute atomic E-state index is 11.6. The average Bonchev–Trinajstić information content (AvgIpc) is 2.34. The lowest BCUT2D eigenvalue weighted by Crippen LogP contribution is -2.39. The van der Waals surface area contributed by atoms with Gasteiger partial charge in [0, 0.05) is 12.6 Å². The van der Waals surface area contributed by atoms with Crippen molar-refractivity contribution in [3.8, 4) is 0 Å². The van der Waals surface area contributed by atoms with Crippen LogP contribution in [0.2, 0.25) is 0 Å². The summed E-state index contributed by atoms with van der Waals surface area (Å²) in [6, 6.07) is 7.93. The number of amides is 1. The van der Waals surface area contributed by atoms with E-state index >= 15 is 0 Å². The highest BCUT2D eigenvalue weighted by Gasteiger charge is 2.18. The van der Waals surface area contributed by atoms with E-state index in [1.807, 2.05) is 38.1 Å². The molecule has 0 aromatic heterocycles. The van der Waals surface area contributed by atoms with Gasteiger partial charge in [0.2, 0.25) is 5.91 Å². The number of carbonyl (C=O) groups excluding carboxylic acids is 1. The van der Waals surface area contributed by atoms with Crippen LogP contribution in [0.4, 0.5) is 0 Å². The standard InChI is InChI=1S/C16H23NO2/c1-4-10-16(3,19)12-17-15(18)9-8-14-7-5-6-13(2)11-14/h5-9,11,19H,4,10,12H2,1-3H3,(H,17,18)/b9-8+. The van der Waals surface area contributed by atoms with Crippen LogP contribution in [-0.4, -0.2) is 23.2 Å². The Morgan fingerprint density at radius 2 is 2.21 bits per heavy atom. The van der Waals surface area contributed by atoms with Crippen LogP contribution < -0.4 is 5.32 Å². The first kappa shape index (κ1) is 15.4. The molecule has 0 aliphatic heterocycles. The fraction of sp³-hybridized carbons (Fsp3) is 0.438. The summed E-state index contributed by atoms with van der Waals surface area (Å²) < 4.78 is 0. The molecule has 0 fully saturated rings. The Kier molecular flexibility index (Phi) is 5.77. The van der Waals surface area contributed by atoms with E-state index in [-0.39, 0.29) is 12.5 Å². The van der Waals surface area contributed by atoms with Gasteiger partial charge in [0.1, 0.15) is 0 Å². The molecule has 2 N–H and O–H groups in total. The van der Waals surface area contributed by atoms with E-state index < -0.39 is 5.60 Å². The summed E-state index contributed by atoms with van der Waals surface area (Å²) in [7, 11) is 0. The Labute approximate surface area is 115 Å². The molecule has 1 atom stereocenters. The minimum Gasteiger partial charge on any atom is -0.388 e. The Morgan fingerprint density at radius 1 is 1.47 bits per heavy atom. The lowest BCUT2D eigenvalue weighted by molar-refractivity contribution is -0.117. The van der Waals surface area contributed by atoms with Crippen LogP contribution in [-0.2, 0) is 4.79 Å². The van der Waals surface area contributed by atoms with Gasteiger partial charge in [0.05, 0.1) is 5.60 Å². The molecule has 1 rings (SSSR count). The summed E-state index contributed by atoms with van der Waals surface area (Å²) in [6.45, 7) is 6.03. The average molecular weight is 261 g/mol. The maximum atomic E-state index is 11.6. The van der Waals surface area contributed by atoms with Crippen LogP contribution in [0.15, 0.2) is 30.3 Å². The highest BCUT2D eigenvalue weighted by molar-refractivity contribution is 5.91. The lowest BCUT2D eigenvalue weighted by Gasteiger charge is -2.22. The van der Waals surface area contributed by atoms with E-state index in [1.54, 1.807) is 13.0 Å². The number of hydrogen-bond acceptors (Lipinski definition) is 2. The van der Waals surface area contributed by atoms with Gasteiger partial charge in [-0.05, 0) is 31.9 Å². The molecule has 0 aliphatic rings. The number of aliphatic hydroxyl groups is 1. The second-order valence-electron chi connectivity index (χ2n) is 5.21. The fourth-order valence-electron chi connectivity index (χ4n) is 1.91. The largest absolute Gasteiger partial charge is 0.388 e. The zero-order valence-corrected chi connectivity index (χ0v) is 11.9. The Balaban J connectivity index is 2.47. The van der Waals surface area contributed by atoms with Crippen molar-refractivity contribution < 1.29 is 9.90 Å². The summed E-state index contributed by atoms with van der Waals surface area (Å²) in [5.74, 6) is -0.183. The van der Waals surface area contributed by atoms with Gasteiger partial charge < -0.3 is 10.4 Å². The van der Waals surface area contributed by atoms with E-state index in [0.717, 1.165) is 17.5 Å². The third kappa shape index (κ3) is 6.20. The van der Waals surface area contributed by atoms with E-state index in [0.29, 0.717) is 6.42 Å². The number of rotatable bonds is 6. The van der Waals surface area contributed by atoms with E-state index in [9.17, 15) is 9.90 Å². The summed E-state index contributed by atoms with van der Waals surface area (Å²) in [6.07, 6.45) is 4.84. The van der Waals surface area contributed by atoms with Gasteiger partial charge in [-0.3, -0.25) is 4.79 Å². The molecular weight excluding hydrogens is 238 g/mol. The van der Waals surface area contributed by atoms with E-state index in [2.05, 4.69) is 5.32 Å². The molecule has 0 heterocycles. The first-order valence-corrected chi connectivity index (χ1v) is 6.68. The van der Waals surface area contributed by atoms with Gasteiger partial charge in [-0.15, -0.1) is 0 Å². The summed E-state index contributed by atoms with van der Waals surface area (Å²) in [5, 5.41) is 12.7. The Bertz CT molecular complexity index is 450. The molecule has 0 spiro atoms.